The van der Waals surface area contributed by atoms with Crippen LogP contribution in [0, 0.1) is 0 Å². The Labute approximate surface area is 157 Å². The van der Waals surface area contributed by atoms with E-state index in [1.165, 1.54) is 24.3 Å². The van der Waals surface area contributed by atoms with Gasteiger partial charge in [0.2, 0.25) is 5.82 Å². The molecule has 2 N–H and O–H groups in total. The third kappa shape index (κ3) is 3.19. The van der Waals surface area contributed by atoms with Crippen LogP contribution in [0.25, 0.3) is 11.4 Å². The van der Waals surface area contributed by atoms with Gasteiger partial charge < -0.3 is 15.2 Å². The normalized spacial score (nSPS) is 14.0. The Hall–Kier alpha value is -3.36. The van der Waals surface area contributed by atoms with Gasteiger partial charge >= 0.3 is 12.1 Å². The Bertz CT molecular complexity index is 1030. The summed E-state index contributed by atoms with van der Waals surface area (Å²) < 4.78 is 42.0. The molecule has 1 aliphatic heterocycles. The summed E-state index contributed by atoms with van der Waals surface area (Å²) >= 11 is 0. The molecule has 0 fully saturated rings. The van der Waals surface area contributed by atoms with Crippen molar-refractivity contribution < 1.29 is 22.5 Å². The number of carbonyl (C=O) groups is 1. The lowest BCUT2D eigenvalue weighted by Crippen LogP contribution is -2.35. The number of anilines is 2. The van der Waals surface area contributed by atoms with E-state index in [4.69, 9.17) is 5.73 Å². The van der Waals surface area contributed by atoms with Gasteiger partial charge in [-0.2, -0.15) is 18.2 Å². The Balaban J connectivity index is 1.59. The SMILES string of the molecule is Nc1cccc2c1CCCN2C(=O)c1ccc(-c2noc(C(F)(F)F)n2)cc1. The first-order valence-corrected chi connectivity index (χ1v) is 8.55. The van der Waals surface area contributed by atoms with Gasteiger partial charge in [-0.1, -0.05) is 23.4 Å². The Kier molecular flexibility index (Phi) is 4.29. The Morgan fingerprint density at radius 3 is 2.57 bits per heavy atom. The van der Waals surface area contributed by atoms with Gasteiger partial charge in [0.15, 0.2) is 0 Å². The number of hydrogen-bond acceptors (Lipinski definition) is 5. The van der Waals surface area contributed by atoms with Gasteiger partial charge in [-0.25, -0.2) is 0 Å². The minimum absolute atomic E-state index is 0.192. The number of halogens is 3. The summed E-state index contributed by atoms with van der Waals surface area (Å²) in [5.41, 5.74) is 9.13. The molecule has 1 aromatic heterocycles. The van der Waals surface area contributed by atoms with E-state index >= 15 is 0 Å². The van der Waals surface area contributed by atoms with Gasteiger partial charge in [0.25, 0.3) is 5.91 Å². The Morgan fingerprint density at radius 2 is 1.89 bits per heavy atom. The highest BCUT2D eigenvalue weighted by atomic mass is 19.4. The van der Waals surface area contributed by atoms with Crippen LogP contribution < -0.4 is 10.6 Å². The van der Waals surface area contributed by atoms with E-state index in [9.17, 15) is 18.0 Å². The fraction of sp³-hybridized carbons (Fsp3) is 0.211. The summed E-state index contributed by atoms with van der Waals surface area (Å²) in [5, 5.41) is 3.34. The molecule has 28 heavy (non-hydrogen) atoms. The average Bonchev–Trinajstić information content (AvgIpc) is 3.18. The number of hydrogen-bond donors (Lipinski definition) is 1. The van der Waals surface area contributed by atoms with Crippen molar-refractivity contribution in [3.05, 3.63) is 59.5 Å². The molecule has 2 heterocycles. The molecule has 1 aliphatic rings. The number of aromatic nitrogens is 2. The second kappa shape index (κ2) is 6.66. The molecule has 4 rings (SSSR count). The lowest BCUT2D eigenvalue weighted by molar-refractivity contribution is -0.159. The third-order valence-corrected chi connectivity index (χ3v) is 4.59. The molecule has 2 aromatic carbocycles. The average molecular weight is 388 g/mol. The highest BCUT2D eigenvalue weighted by Crippen LogP contribution is 2.33. The summed E-state index contributed by atoms with van der Waals surface area (Å²) in [6.07, 6.45) is -3.09. The second-order valence-corrected chi connectivity index (χ2v) is 6.40. The van der Waals surface area contributed by atoms with E-state index in [1.807, 2.05) is 12.1 Å². The second-order valence-electron chi connectivity index (χ2n) is 6.40. The highest BCUT2D eigenvalue weighted by Gasteiger charge is 2.38. The van der Waals surface area contributed by atoms with Crippen LogP contribution in [0.15, 0.2) is 47.0 Å². The maximum absolute atomic E-state index is 12.9. The Morgan fingerprint density at radius 1 is 1.14 bits per heavy atom. The van der Waals surface area contributed by atoms with Crippen molar-refractivity contribution in [1.82, 2.24) is 10.1 Å². The number of carbonyl (C=O) groups excluding carboxylic acids is 1. The summed E-state index contributed by atoms with van der Waals surface area (Å²) in [6, 6.07) is 11.5. The van der Waals surface area contributed by atoms with Crippen molar-refractivity contribution in [2.45, 2.75) is 19.0 Å². The summed E-state index contributed by atoms with van der Waals surface area (Å²) in [7, 11) is 0. The van der Waals surface area contributed by atoms with E-state index in [0.29, 0.717) is 23.4 Å². The molecule has 144 valence electrons. The first-order valence-electron chi connectivity index (χ1n) is 8.55. The number of alkyl halides is 3. The molecule has 1 amide bonds. The van der Waals surface area contributed by atoms with E-state index < -0.39 is 12.1 Å². The topological polar surface area (TPSA) is 85.2 Å². The largest absolute Gasteiger partial charge is 0.471 e. The van der Waals surface area contributed by atoms with E-state index in [-0.39, 0.29) is 11.7 Å². The van der Waals surface area contributed by atoms with Gasteiger partial charge in [-0.15, -0.1) is 0 Å². The summed E-state index contributed by atoms with van der Waals surface area (Å²) in [6.45, 7) is 0.566. The zero-order valence-electron chi connectivity index (χ0n) is 14.5. The maximum Gasteiger partial charge on any atom is 0.471 e. The highest BCUT2D eigenvalue weighted by molar-refractivity contribution is 6.07. The van der Waals surface area contributed by atoms with Crippen LogP contribution in [0.2, 0.25) is 0 Å². The van der Waals surface area contributed by atoms with E-state index in [0.717, 1.165) is 24.1 Å². The van der Waals surface area contributed by atoms with Crippen LogP contribution in [0.4, 0.5) is 24.5 Å². The maximum atomic E-state index is 12.9. The number of benzene rings is 2. The minimum atomic E-state index is -4.70. The molecule has 0 saturated carbocycles. The van der Waals surface area contributed by atoms with Crippen molar-refractivity contribution in [3.8, 4) is 11.4 Å². The minimum Gasteiger partial charge on any atom is -0.398 e. The van der Waals surface area contributed by atoms with Crippen LogP contribution in [0.5, 0.6) is 0 Å². The molecule has 0 saturated heterocycles. The van der Waals surface area contributed by atoms with Crippen molar-refractivity contribution in [2.75, 3.05) is 17.2 Å². The number of nitrogen functional groups attached to an aromatic ring is 1. The molecule has 0 spiro atoms. The van der Waals surface area contributed by atoms with Crippen LogP contribution in [0.1, 0.15) is 28.2 Å². The zero-order valence-corrected chi connectivity index (χ0v) is 14.5. The van der Waals surface area contributed by atoms with Crippen molar-refractivity contribution in [2.24, 2.45) is 0 Å². The number of fused-ring (bicyclic) bond motifs is 1. The van der Waals surface area contributed by atoms with E-state index in [2.05, 4.69) is 14.7 Å². The van der Waals surface area contributed by atoms with E-state index in [1.54, 1.807) is 11.0 Å². The fourth-order valence-corrected chi connectivity index (χ4v) is 3.24. The first-order chi connectivity index (χ1) is 13.3. The van der Waals surface area contributed by atoms with Crippen LogP contribution in [0.3, 0.4) is 0 Å². The smallest absolute Gasteiger partial charge is 0.398 e. The molecule has 9 heteroatoms. The number of nitrogens with two attached hydrogens (primary N) is 1. The monoisotopic (exact) mass is 388 g/mol. The van der Waals surface area contributed by atoms with Gasteiger partial charge in [0.05, 0.1) is 0 Å². The summed E-state index contributed by atoms with van der Waals surface area (Å²) in [5.74, 6) is -1.81. The summed E-state index contributed by atoms with van der Waals surface area (Å²) in [4.78, 5) is 18.0. The third-order valence-electron chi connectivity index (χ3n) is 4.59. The molecule has 3 aromatic rings. The van der Waals surface area contributed by atoms with Gasteiger partial charge in [0, 0.05) is 29.0 Å². The van der Waals surface area contributed by atoms with Crippen LogP contribution >= 0.6 is 0 Å². The lowest BCUT2D eigenvalue weighted by Gasteiger charge is -2.30. The van der Waals surface area contributed by atoms with Crippen molar-refractivity contribution in [1.29, 1.82) is 0 Å². The predicted octanol–water partition coefficient (Wildman–Crippen LogP) is 3.93. The lowest BCUT2D eigenvalue weighted by atomic mass is 9.99. The molecule has 0 bridgehead atoms. The van der Waals surface area contributed by atoms with Gasteiger partial charge in [-0.3, -0.25) is 4.79 Å². The van der Waals surface area contributed by atoms with Crippen molar-refractivity contribution >= 4 is 17.3 Å². The number of rotatable bonds is 2. The quantitative estimate of drug-likeness (QED) is 0.673. The number of amides is 1. The molecule has 0 radical (unpaired) electrons. The molecule has 0 unspecified atom stereocenters. The molecular formula is C19H15F3N4O2. The van der Waals surface area contributed by atoms with Gasteiger partial charge in [0.1, 0.15) is 0 Å². The first kappa shape index (κ1) is 18.0. The van der Waals surface area contributed by atoms with Gasteiger partial charge in [-0.05, 0) is 42.7 Å². The zero-order chi connectivity index (χ0) is 19.9. The molecule has 6 nitrogen and oxygen atoms in total. The predicted molar refractivity (Wildman–Crippen MR) is 95.6 cm³/mol. The van der Waals surface area contributed by atoms with Crippen LogP contribution in [-0.4, -0.2) is 22.6 Å². The molecule has 0 atom stereocenters. The fourth-order valence-electron chi connectivity index (χ4n) is 3.24. The van der Waals surface area contributed by atoms with Crippen LogP contribution in [-0.2, 0) is 12.6 Å². The standard InChI is InChI=1S/C19H15F3N4O2/c20-19(21,22)18-24-16(25-28-18)11-6-8-12(9-7-11)17(27)26-10-2-3-13-14(23)4-1-5-15(13)26/h1,4-9H,2-3,10,23H2. The number of nitrogens with zero attached hydrogens (tertiary/aromatic N) is 3. The molecular weight excluding hydrogens is 373 g/mol. The molecule has 0 aliphatic carbocycles. The van der Waals surface area contributed by atoms with Crippen molar-refractivity contribution in [3.63, 3.8) is 0 Å².